The quantitative estimate of drug-likeness (QED) is 0.335. The first-order chi connectivity index (χ1) is 14.4. The zero-order chi connectivity index (χ0) is 21.3. The Morgan fingerprint density at radius 3 is 2.67 bits per heavy atom. The van der Waals surface area contributed by atoms with Gasteiger partial charge < -0.3 is 20.9 Å². The van der Waals surface area contributed by atoms with Gasteiger partial charge in [-0.3, -0.25) is 0 Å². The van der Waals surface area contributed by atoms with E-state index < -0.39 is 11.8 Å². The molecule has 2 heterocycles. The number of aromatic amines is 1. The normalized spacial score (nSPS) is 10.8. The SMILES string of the molecule is Cc1[nH]c2ncnc(Nc3ccc(NC(=O)Nc4cccc(Cl)c4)c(F)c3)c2c1C. The van der Waals surface area contributed by atoms with Crippen molar-refractivity contribution in [3.63, 3.8) is 0 Å². The van der Waals surface area contributed by atoms with Crippen molar-refractivity contribution >= 4 is 51.5 Å². The van der Waals surface area contributed by atoms with Crippen LogP contribution in [-0.4, -0.2) is 21.0 Å². The molecule has 0 radical (unpaired) electrons. The summed E-state index contributed by atoms with van der Waals surface area (Å²) < 4.78 is 14.6. The molecule has 4 aromatic rings. The van der Waals surface area contributed by atoms with Crippen LogP contribution < -0.4 is 16.0 Å². The van der Waals surface area contributed by atoms with Gasteiger partial charge >= 0.3 is 6.03 Å². The molecule has 9 heteroatoms. The van der Waals surface area contributed by atoms with Crippen LogP contribution in [0.3, 0.4) is 0 Å². The molecule has 0 spiro atoms. The first-order valence-corrected chi connectivity index (χ1v) is 9.48. The molecule has 0 unspecified atom stereocenters. The zero-order valence-corrected chi connectivity index (χ0v) is 16.9. The molecular weight excluding hydrogens is 407 g/mol. The van der Waals surface area contributed by atoms with Gasteiger partial charge in [-0.05, 0) is 55.8 Å². The van der Waals surface area contributed by atoms with Crippen molar-refractivity contribution in [2.75, 3.05) is 16.0 Å². The predicted octanol–water partition coefficient (Wildman–Crippen LogP) is 5.75. The Morgan fingerprint density at radius 1 is 1.07 bits per heavy atom. The lowest BCUT2D eigenvalue weighted by Gasteiger charge is -2.11. The average Bonchev–Trinajstić information content (AvgIpc) is 2.99. The summed E-state index contributed by atoms with van der Waals surface area (Å²) in [6, 6.07) is 10.5. The largest absolute Gasteiger partial charge is 0.343 e. The van der Waals surface area contributed by atoms with Crippen LogP contribution in [0.4, 0.5) is 32.1 Å². The molecule has 4 rings (SSSR count). The van der Waals surface area contributed by atoms with E-state index in [2.05, 4.69) is 30.9 Å². The molecule has 152 valence electrons. The summed E-state index contributed by atoms with van der Waals surface area (Å²) in [5.74, 6) is -0.0193. The molecular formula is C21H18ClFN6O. The average molecular weight is 425 g/mol. The van der Waals surface area contributed by atoms with E-state index in [1.165, 1.54) is 18.5 Å². The maximum atomic E-state index is 14.6. The van der Waals surface area contributed by atoms with Crippen LogP contribution in [0.2, 0.25) is 5.02 Å². The van der Waals surface area contributed by atoms with E-state index in [1.54, 1.807) is 30.3 Å². The number of aryl methyl sites for hydroxylation is 2. The number of nitrogens with zero attached hydrogens (tertiary/aromatic N) is 2. The van der Waals surface area contributed by atoms with Crippen LogP contribution in [0, 0.1) is 19.7 Å². The molecule has 0 aliphatic heterocycles. The third-order valence-corrected chi connectivity index (χ3v) is 4.89. The van der Waals surface area contributed by atoms with Crippen LogP contribution in [0.25, 0.3) is 11.0 Å². The molecule has 30 heavy (non-hydrogen) atoms. The molecule has 0 aliphatic carbocycles. The number of H-pyrrole nitrogens is 1. The molecule has 0 fully saturated rings. The van der Waals surface area contributed by atoms with Gasteiger partial charge in [-0.15, -0.1) is 0 Å². The molecule has 2 aromatic heterocycles. The number of carbonyl (C=O) groups excluding carboxylic acids is 1. The van der Waals surface area contributed by atoms with Crippen molar-refractivity contribution in [1.82, 2.24) is 15.0 Å². The van der Waals surface area contributed by atoms with E-state index in [0.717, 1.165) is 16.6 Å². The van der Waals surface area contributed by atoms with Gasteiger partial charge in [0.2, 0.25) is 0 Å². The van der Waals surface area contributed by atoms with Gasteiger partial charge in [0.25, 0.3) is 0 Å². The lowest BCUT2D eigenvalue weighted by atomic mass is 10.2. The van der Waals surface area contributed by atoms with E-state index >= 15 is 0 Å². The zero-order valence-electron chi connectivity index (χ0n) is 16.2. The van der Waals surface area contributed by atoms with E-state index in [1.807, 2.05) is 13.8 Å². The highest BCUT2D eigenvalue weighted by molar-refractivity contribution is 6.30. The van der Waals surface area contributed by atoms with Gasteiger partial charge in [0.05, 0.1) is 11.1 Å². The van der Waals surface area contributed by atoms with Crippen LogP contribution in [-0.2, 0) is 0 Å². The highest BCUT2D eigenvalue weighted by Gasteiger charge is 2.13. The summed E-state index contributed by atoms with van der Waals surface area (Å²) in [6.07, 6.45) is 1.44. The second-order valence-electron chi connectivity index (χ2n) is 6.73. The minimum absolute atomic E-state index is 0.0431. The highest BCUT2D eigenvalue weighted by atomic mass is 35.5. The fourth-order valence-corrected chi connectivity index (χ4v) is 3.26. The first kappa shape index (κ1) is 19.7. The lowest BCUT2D eigenvalue weighted by molar-refractivity contribution is 0.262. The Morgan fingerprint density at radius 2 is 1.90 bits per heavy atom. The number of benzene rings is 2. The third-order valence-electron chi connectivity index (χ3n) is 4.65. The number of rotatable bonds is 4. The summed E-state index contributed by atoms with van der Waals surface area (Å²) in [7, 11) is 0. The molecule has 4 N–H and O–H groups in total. The number of halogens is 2. The Labute approximate surface area is 176 Å². The van der Waals surface area contributed by atoms with Gasteiger partial charge in [0, 0.05) is 22.1 Å². The molecule has 7 nitrogen and oxygen atoms in total. The summed E-state index contributed by atoms with van der Waals surface area (Å²) in [5, 5.41) is 9.54. The van der Waals surface area contributed by atoms with Crippen LogP contribution in [0.5, 0.6) is 0 Å². The fraction of sp³-hybridized carbons (Fsp3) is 0.0952. The van der Waals surface area contributed by atoms with E-state index in [0.29, 0.717) is 27.9 Å². The predicted molar refractivity (Wildman–Crippen MR) is 117 cm³/mol. The van der Waals surface area contributed by atoms with Crippen molar-refractivity contribution in [3.8, 4) is 0 Å². The number of aromatic nitrogens is 3. The lowest BCUT2D eigenvalue weighted by Crippen LogP contribution is -2.20. The maximum absolute atomic E-state index is 14.6. The van der Waals surface area contributed by atoms with E-state index in [4.69, 9.17) is 11.6 Å². The first-order valence-electron chi connectivity index (χ1n) is 9.11. The minimum Gasteiger partial charge on any atom is -0.343 e. The summed E-state index contributed by atoms with van der Waals surface area (Å²) >= 11 is 5.90. The highest BCUT2D eigenvalue weighted by Crippen LogP contribution is 2.29. The number of carbonyl (C=O) groups is 1. The Kier molecular flexibility index (Phi) is 5.24. The van der Waals surface area contributed by atoms with Gasteiger partial charge in [0.15, 0.2) is 0 Å². The van der Waals surface area contributed by atoms with Gasteiger partial charge in [-0.2, -0.15) is 0 Å². The Bertz CT molecular complexity index is 1260. The molecule has 0 bridgehead atoms. The number of hydrogen-bond acceptors (Lipinski definition) is 4. The van der Waals surface area contributed by atoms with Crippen LogP contribution in [0.15, 0.2) is 48.8 Å². The van der Waals surface area contributed by atoms with Crippen LogP contribution in [0.1, 0.15) is 11.3 Å². The van der Waals surface area contributed by atoms with Crippen molar-refractivity contribution in [2.24, 2.45) is 0 Å². The van der Waals surface area contributed by atoms with Crippen molar-refractivity contribution in [1.29, 1.82) is 0 Å². The standard InChI is InChI=1S/C21H18ClFN6O/c1-11-12(2)26-19-18(11)20(25-10-24-19)27-15-6-7-17(16(23)9-15)29-21(30)28-14-5-3-4-13(22)8-14/h3-10H,1-2H3,(H2,28,29,30)(H2,24,25,26,27). The molecule has 0 saturated carbocycles. The molecule has 2 aromatic carbocycles. The van der Waals surface area contributed by atoms with E-state index in [9.17, 15) is 9.18 Å². The number of urea groups is 1. The van der Waals surface area contributed by atoms with E-state index in [-0.39, 0.29) is 5.69 Å². The van der Waals surface area contributed by atoms with Gasteiger partial charge in [-0.25, -0.2) is 19.2 Å². The minimum atomic E-state index is -0.589. The number of nitrogens with one attached hydrogen (secondary N) is 4. The second-order valence-corrected chi connectivity index (χ2v) is 7.17. The fourth-order valence-electron chi connectivity index (χ4n) is 3.07. The number of hydrogen-bond donors (Lipinski definition) is 4. The number of fused-ring (bicyclic) bond motifs is 1. The smallest absolute Gasteiger partial charge is 0.323 e. The maximum Gasteiger partial charge on any atom is 0.323 e. The summed E-state index contributed by atoms with van der Waals surface area (Å²) in [6.45, 7) is 3.92. The molecule has 2 amide bonds. The Balaban J connectivity index is 1.50. The molecule has 0 saturated heterocycles. The topological polar surface area (TPSA) is 94.7 Å². The Hall–Kier alpha value is -3.65. The van der Waals surface area contributed by atoms with Crippen molar-refractivity contribution < 1.29 is 9.18 Å². The third kappa shape index (κ3) is 4.04. The summed E-state index contributed by atoms with van der Waals surface area (Å²) in [4.78, 5) is 23.8. The number of anilines is 4. The van der Waals surface area contributed by atoms with Gasteiger partial charge in [-0.1, -0.05) is 17.7 Å². The van der Waals surface area contributed by atoms with Crippen molar-refractivity contribution in [3.05, 3.63) is 70.9 Å². The molecule has 0 atom stereocenters. The monoisotopic (exact) mass is 424 g/mol. The number of amides is 2. The molecule has 0 aliphatic rings. The van der Waals surface area contributed by atoms with Crippen LogP contribution >= 0.6 is 11.6 Å². The summed E-state index contributed by atoms with van der Waals surface area (Å²) in [5.41, 5.74) is 3.75. The van der Waals surface area contributed by atoms with Crippen molar-refractivity contribution in [2.45, 2.75) is 13.8 Å². The van der Waals surface area contributed by atoms with Gasteiger partial charge in [0.1, 0.15) is 23.6 Å². The second kappa shape index (κ2) is 8.00.